The molecule has 2 saturated carbocycles. The molecule has 62 valence electrons. The number of carbonyl (C=O) groups is 1. The van der Waals surface area contributed by atoms with E-state index in [1.54, 1.807) is 0 Å². The Hall–Kier alpha value is -0.330. The molecule has 0 aromatic heterocycles. The van der Waals surface area contributed by atoms with Gasteiger partial charge in [-0.05, 0) is 24.7 Å². The zero-order valence-electron chi connectivity index (χ0n) is 7.61. The standard InChI is InChI=1S/C10H16O/c1-9(2,3)8(11)7-6-10(7)4-5-10/h7H,4-6H2,1-3H3. The van der Waals surface area contributed by atoms with Gasteiger partial charge in [0.15, 0.2) is 0 Å². The highest BCUT2D eigenvalue weighted by molar-refractivity contribution is 5.89. The summed E-state index contributed by atoms with van der Waals surface area (Å²) in [6, 6.07) is 0. The molecular weight excluding hydrogens is 136 g/mol. The van der Waals surface area contributed by atoms with Crippen molar-refractivity contribution in [2.24, 2.45) is 16.7 Å². The third kappa shape index (κ3) is 1.02. The van der Waals surface area contributed by atoms with Crippen molar-refractivity contribution < 1.29 is 4.79 Å². The Morgan fingerprint density at radius 2 is 1.91 bits per heavy atom. The fraction of sp³-hybridized carbons (Fsp3) is 0.900. The minimum Gasteiger partial charge on any atom is -0.299 e. The van der Waals surface area contributed by atoms with Gasteiger partial charge in [0.1, 0.15) is 5.78 Å². The van der Waals surface area contributed by atoms with Crippen molar-refractivity contribution in [1.29, 1.82) is 0 Å². The van der Waals surface area contributed by atoms with Crippen molar-refractivity contribution >= 4 is 5.78 Å². The topological polar surface area (TPSA) is 17.1 Å². The lowest BCUT2D eigenvalue weighted by molar-refractivity contribution is -0.128. The Morgan fingerprint density at radius 1 is 1.36 bits per heavy atom. The molecule has 0 heterocycles. The second-order valence-electron chi connectivity index (χ2n) is 5.23. The molecule has 1 atom stereocenters. The van der Waals surface area contributed by atoms with Crippen molar-refractivity contribution in [3.8, 4) is 0 Å². The molecule has 2 fully saturated rings. The SMILES string of the molecule is CC(C)(C)C(=O)C1CC12CC2. The van der Waals surface area contributed by atoms with Gasteiger partial charge in [0.05, 0.1) is 0 Å². The fourth-order valence-corrected chi connectivity index (χ4v) is 1.95. The first kappa shape index (κ1) is 7.33. The molecule has 0 saturated heterocycles. The zero-order chi connectivity index (χ0) is 8.28. The van der Waals surface area contributed by atoms with Crippen LogP contribution in [0.2, 0.25) is 0 Å². The van der Waals surface area contributed by atoms with Crippen LogP contribution in [0.5, 0.6) is 0 Å². The minimum atomic E-state index is -0.100. The summed E-state index contributed by atoms with van der Waals surface area (Å²) in [5.74, 6) is 0.942. The van der Waals surface area contributed by atoms with Crippen molar-refractivity contribution in [2.75, 3.05) is 0 Å². The second kappa shape index (κ2) is 1.70. The molecule has 2 aliphatic rings. The molecule has 0 aromatic carbocycles. The maximum Gasteiger partial charge on any atom is 0.141 e. The van der Waals surface area contributed by atoms with Gasteiger partial charge < -0.3 is 0 Å². The van der Waals surface area contributed by atoms with Crippen molar-refractivity contribution in [1.82, 2.24) is 0 Å². The van der Waals surface area contributed by atoms with Gasteiger partial charge in [0.25, 0.3) is 0 Å². The van der Waals surface area contributed by atoms with Gasteiger partial charge in [-0.15, -0.1) is 0 Å². The highest BCUT2D eigenvalue weighted by Gasteiger charge is 2.66. The second-order valence-corrected chi connectivity index (χ2v) is 5.23. The van der Waals surface area contributed by atoms with Gasteiger partial charge in [-0.25, -0.2) is 0 Å². The van der Waals surface area contributed by atoms with Gasteiger partial charge in [-0.2, -0.15) is 0 Å². The number of hydrogen-bond acceptors (Lipinski definition) is 1. The van der Waals surface area contributed by atoms with Crippen LogP contribution in [0.25, 0.3) is 0 Å². The van der Waals surface area contributed by atoms with Crippen LogP contribution in [0.15, 0.2) is 0 Å². The summed E-state index contributed by atoms with van der Waals surface area (Å²) in [6.07, 6.45) is 3.84. The number of rotatable bonds is 1. The predicted molar refractivity (Wildman–Crippen MR) is 44.2 cm³/mol. The normalized spacial score (nSPS) is 32.1. The number of Topliss-reactive ketones (excluding diaryl/α,β-unsaturated/α-hetero) is 1. The van der Waals surface area contributed by atoms with Crippen LogP contribution < -0.4 is 0 Å². The van der Waals surface area contributed by atoms with E-state index < -0.39 is 0 Å². The maximum atomic E-state index is 11.7. The number of ketones is 1. The first-order chi connectivity index (χ1) is 4.96. The third-order valence-corrected chi connectivity index (χ3v) is 3.14. The Kier molecular flexibility index (Phi) is 1.13. The van der Waals surface area contributed by atoms with Crippen LogP contribution in [-0.4, -0.2) is 5.78 Å². The van der Waals surface area contributed by atoms with E-state index in [-0.39, 0.29) is 5.41 Å². The summed E-state index contributed by atoms with van der Waals surface area (Å²) in [5.41, 5.74) is 0.446. The molecule has 2 rings (SSSR count). The number of carbonyl (C=O) groups excluding carboxylic acids is 1. The van der Waals surface area contributed by atoms with E-state index in [0.29, 0.717) is 17.1 Å². The van der Waals surface area contributed by atoms with E-state index in [1.807, 2.05) is 20.8 Å². The Balaban J connectivity index is 2.02. The van der Waals surface area contributed by atoms with E-state index in [2.05, 4.69) is 0 Å². The highest BCUT2D eigenvalue weighted by atomic mass is 16.1. The first-order valence-corrected chi connectivity index (χ1v) is 4.50. The Labute approximate surface area is 68.2 Å². The van der Waals surface area contributed by atoms with E-state index in [1.165, 1.54) is 19.3 Å². The summed E-state index contributed by atoms with van der Waals surface area (Å²) < 4.78 is 0. The monoisotopic (exact) mass is 152 g/mol. The maximum absolute atomic E-state index is 11.7. The van der Waals surface area contributed by atoms with Gasteiger partial charge in [0.2, 0.25) is 0 Å². The molecule has 0 aliphatic heterocycles. The van der Waals surface area contributed by atoms with Gasteiger partial charge in [-0.3, -0.25) is 4.79 Å². The molecule has 2 aliphatic carbocycles. The van der Waals surface area contributed by atoms with Crippen LogP contribution in [0.1, 0.15) is 40.0 Å². The molecule has 0 amide bonds. The molecule has 0 N–H and O–H groups in total. The average molecular weight is 152 g/mol. The Bertz CT molecular complexity index is 205. The highest BCUT2D eigenvalue weighted by Crippen LogP contribution is 2.71. The average Bonchev–Trinajstić information content (AvgIpc) is 2.71. The molecule has 1 unspecified atom stereocenters. The molecular formula is C10H16O. The molecule has 1 nitrogen and oxygen atoms in total. The Morgan fingerprint density at radius 3 is 2.18 bits per heavy atom. The van der Waals surface area contributed by atoms with Crippen LogP contribution in [-0.2, 0) is 4.79 Å². The lowest BCUT2D eigenvalue weighted by atomic mass is 9.87. The van der Waals surface area contributed by atoms with E-state index in [4.69, 9.17) is 0 Å². The number of hydrogen-bond donors (Lipinski definition) is 0. The molecule has 1 heteroatoms. The largest absolute Gasteiger partial charge is 0.299 e. The fourth-order valence-electron chi connectivity index (χ4n) is 1.95. The van der Waals surface area contributed by atoms with Gasteiger partial charge >= 0.3 is 0 Å². The van der Waals surface area contributed by atoms with E-state index in [0.717, 1.165) is 0 Å². The first-order valence-electron chi connectivity index (χ1n) is 4.50. The smallest absolute Gasteiger partial charge is 0.141 e. The minimum absolute atomic E-state index is 0.100. The molecule has 1 spiro atoms. The molecule has 0 radical (unpaired) electrons. The lowest BCUT2D eigenvalue weighted by Gasteiger charge is -2.15. The summed E-state index contributed by atoms with van der Waals surface area (Å²) in [6.45, 7) is 6.09. The lowest BCUT2D eigenvalue weighted by Crippen LogP contribution is -2.22. The van der Waals surface area contributed by atoms with E-state index >= 15 is 0 Å². The van der Waals surface area contributed by atoms with Crippen LogP contribution in [0.4, 0.5) is 0 Å². The van der Waals surface area contributed by atoms with Crippen molar-refractivity contribution in [3.05, 3.63) is 0 Å². The third-order valence-electron chi connectivity index (χ3n) is 3.14. The quantitative estimate of drug-likeness (QED) is 0.564. The van der Waals surface area contributed by atoms with E-state index in [9.17, 15) is 4.79 Å². The summed E-state index contributed by atoms with van der Waals surface area (Å²) in [4.78, 5) is 11.7. The van der Waals surface area contributed by atoms with Gasteiger partial charge in [-0.1, -0.05) is 20.8 Å². The predicted octanol–water partition coefficient (Wildman–Crippen LogP) is 2.40. The summed E-state index contributed by atoms with van der Waals surface area (Å²) in [7, 11) is 0. The van der Waals surface area contributed by atoms with Crippen molar-refractivity contribution in [3.63, 3.8) is 0 Å². The summed E-state index contributed by atoms with van der Waals surface area (Å²) >= 11 is 0. The van der Waals surface area contributed by atoms with Crippen LogP contribution in [0, 0.1) is 16.7 Å². The van der Waals surface area contributed by atoms with Crippen LogP contribution >= 0.6 is 0 Å². The molecule has 11 heavy (non-hydrogen) atoms. The van der Waals surface area contributed by atoms with Gasteiger partial charge in [0, 0.05) is 11.3 Å². The molecule has 0 aromatic rings. The summed E-state index contributed by atoms with van der Waals surface area (Å²) in [5, 5.41) is 0. The zero-order valence-corrected chi connectivity index (χ0v) is 7.61. The van der Waals surface area contributed by atoms with Crippen molar-refractivity contribution in [2.45, 2.75) is 40.0 Å². The molecule has 0 bridgehead atoms. The van der Waals surface area contributed by atoms with Crippen LogP contribution in [0.3, 0.4) is 0 Å².